The summed E-state index contributed by atoms with van der Waals surface area (Å²) in [5, 5.41) is 7.68. The highest BCUT2D eigenvalue weighted by Gasteiger charge is 2.15. The quantitative estimate of drug-likeness (QED) is 0.843. The highest BCUT2D eigenvalue weighted by Crippen LogP contribution is 2.14. The maximum atomic E-state index is 5.69. The Hall–Kier alpha value is -0.870. The van der Waals surface area contributed by atoms with E-state index in [4.69, 9.17) is 4.74 Å². The predicted octanol–water partition coefficient (Wildman–Crippen LogP) is 1.64. The average molecular weight is 223 g/mol. The van der Waals surface area contributed by atoms with Crippen molar-refractivity contribution in [1.82, 2.24) is 15.1 Å². The number of hydrogen-bond donors (Lipinski definition) is 1. The van der Waals surface area contributed by atoms with E-state index in [1.165, 1.54) is 24.8 Å². The third-order valence-corrected chi connectivity index (χ3v) is 3.15. The first-order chi connectivity index (χ1) is 7.75. The lowest BCUT2D eigenvalue weighted by molar-refractivity contribution is 0.0156. The van der Waals surface area contributed by atoms with E-state index in [1.54, 1.807) is 0 Å². The second-order valence-electron chi connectivity index (χ2n) is 4.57. The van der Waals surface area contributed by atoms with Crippen molar-refractivity contribution < 1.29 is 4.74 Å². The van der Waals surface area contributed by atoms with Crippen LogP contribution >= 0.6 is 0 Å². The molecule has 0 bridgehead atoms. The molecule has 4 nitrogen and oxygen atoms in total. The van der Waals surface area contributed by atoms with Gasteiger partial charge in [0, 0.05) is 38.0 Å². The molecule has 0 saturated carbocycles. The van der Waals surface area contributed by atoms with Crippen LogP contribution in [0.1, 0.15) is 37.8 Å². The summed E-state index contributed by atoms with van der Waals surface area (Å²) < 4.78 is 7.52. The Kier molecular flexibility index (Phi) is 3.96. The van der Waals surface area contributed by atoms with Crippen LogP contribution in [0.2, 0.25) is 0 Å². The van der Waals surface area contributed by atoms with Gasteiger partial charge in [-0.2, -0.15) is 5.10 Å². The molecule has 2 heterocycles. The number of nitrogens with zero attached hydrogens (tertiary/aromatic N) is 2. The molecule has 1 fully saturated rings. The van der Waals surface area contributed by atoms with Gasteiger partial charge in [-0.15, -0.1) is 0 Å². The van der Waals surface area contributed by atoms with E-state index in [0.29, 0.717) is 12.1 Å². The molecule has 2 rings (SSSR count). The van der Waals surface area contributed by atoms with Gasteiger partial charge in [0.1, 0.15) is 0 Å². The molecule has 0 aliphatic carbocycles. The molecule has 2 unspecified atom stereocenters. The molecule has 1 N–H and O–H groups in total. The van der Waals surface area contributed by atoms with Crippen molar-refractivity contribution >= 4 is 0 Å². The Bertz CT molecular complexity index is 318. The van der Waals surface area contributed by atoms with Gasteiger partial charge in [0.2, 0.25) is 0 Å². The normalized spacial score (nSPS) is 23.2. The van der Waals surface area contributed by atoms with Crippen LogP contribution in [0, 0.1) is 0 Å². The second-order valence-corrected chi connectivity index (χ2v) is 4.57. The summed E-state index contributed by atoms with van der Waals surface area (Å²) in [6, 6.07) is 0.347. The summed E-state index contributed by atoms with van der Waals surface area (Å²) in [6.45, 7) is 4.03. The van der Waals surface area contributed by atoms with E-state index >= 15 is 0 Å². The molecule has 1 aromatic rings. The van der Waals surface area contributed by atoms with Crippen molar-refractivity contribution in [2.75, 3.05) is 13.2 Å². The first kappa shape index (κ1) is 11.6. The van der Waals surface area contributed by atoms with Crippen molar-refractivity contribution in [2.24, 2.45) is 7.05 Å². The van der Waals surface area contributed by atoms with Crippen LogP contribution in [0.25, 0.3) is 0 Å². The molecule has 0 spiro atoms. The number of hydrogen-bond acceptors (Lipinski definition) is 3. The lowest BCUT2D eigenvalue weighted by Crippen LogP contribution is -2.33. The monoisotopic (exact) mass is 223 g/mol. The molecule has 1 aliphatic rings. The van der Waals surface area contributed by atoms with E-state index < -0.39 is 0 Å². The van der Waals surface area contributed by atoms with Gasteiger partial charge in [-0.1, -0.05) is 0 Å². The minimum absolute atomic E-state index is 0.347. The minimum Gasteiger partial charge on any atom is -0.377 e. The van der Waals surface area contributed by atoms with Gasteiger partial charge in [0.15, 0.2) is 0 Å². The van der Waals surface area contributed by atoms with E-state index in [0.717, 1.165) is 13.2 Å². The maximum absolute atomic E-state index is 5.69. The topological polar surface area (TPSA) is 39.1 Å². The van der Waals surface area contributed by atoms with E-state index in [2.05, 4.69) is 23.5 Å². The van der Waals surface area contributed by atoms with Crippen molar-refractivity contribution in [3.05, 3.63) is 18.0 Å². The van der Waals surface area contributed by atoms with Crippen LogP contribution in [0.5, 0.6) is 0 Å². The van der Waals surface area contributed by atoms with Crippen molar-refractivity contribution in [2.45, 2.75) is 38.3 Å². The number of ether oxygens (including phenoxy) is 1. The Morgan fingerprint density at radius 2 is 2.50 bits per heavy atom. The summed E-state index contributed by atoms with van der Waals surface area (Å²) in [6.07, 6.45) is 8.07. The van der Waals surface area contributed by atoms with Gasteiger partial charge >= 0.3 is 0 Å². The van der Waals surface area contributed by atoms with E-state index in [1.807, 2.05) is 17.9 Å². The Labute approximate surface area is 97.0 Å². The summed E-state index contributed by atoms with van der Waals surface area (Å²) >= 11 is 0. The summed E-state index contributed by atoms with van der Waals surface area (Å²) in [4.78, 5) is 0. The lowest BCUT2D eigenvalue weighted by atomic mass is 10.1. The van der Waals surface area contributed by atoms with Gasteiger partial charge in [0.05, 0.1) is 12.3 Å². The molecule has 16 heavy (non-hydrogen) atoms. The molecule has 0 aromatic carbocycles. The zero-order valence-electron chi connectivity index (χ0n) is 10.1. The Morgan fingerprint density at radius 3 is 3.12 bits per heavy atom. The number of aryl methyl sites for hydroxylation is 1. The van der Waals surface area contributed by atoms with Crippen LogP contribution in [-0.2, 0) is 11.8 Å². The molecule has 2 atom stereocenters. The maximum Gasteiger partial charge on any atom is 0.0699 e. The van der Waals surface area contributed by atoms with Crippen molar-refractivity contribution in [3.63, 3.8) is 0 Å². The molecule has 0 amide bonds. The molecular formula is C12H21N3O. The second kappa shape index (κ2) is 5.46. The Morgan fingerprint density at radius 1 is 1.62 bits per heavy atom. The largest absolute Gasteiger partial charge is 0.377 e. The van der Waals surface area contributed by atoms with Crippen LogP contribution in [0.15, 0.2) is 12.4 Å². The van der Waals surface area contributed by atoms with Crippen LogP contribution in [-0.4, -0.2) is 29.0 Å². The van der Waals surface area contributed by atoms with E-state index in [-0.39, 0.29) is 0 Å². The first-order valence-electron chi connectivity index (χ1n) is 6.09. The zero-order chi connectivity index (χ0) is 11.4. The molecule has 4 heteroatoms. The summed E-state index contributed by atoms with van der Waals surface area (Å²) in [5.74, 6) is 0. The van der Waals surface area contributed by atoms with Crippen LogP contribution in [0.3, 0.4) is 0 Å². The highest BCUT2D eigenvalue weighted by atomic mass is 16.5. The zero-order valence-corrected chi connectivity index (χ0v) is 10.1. The van der Waals surface area contributed by atoms with Crippen LogP contribution < -0.4 is 5.32 Å². The average Bonchev–Trinajstić information content (AvgIpc) is 2.74. The lowest BCUT2D eigenvalue weighted by Gasteiger charge is -2.24. The van der Waals surface area contributed by atoms with Crippen LogP contribution in [0.4, 0.5) is 0 Å². The molecule has 90 valence electrons. The van der Waals surface area contributed by atoms with Crippen molar-refractivity contribution in [3.8, 4) is 0 Å². The standard InChI is InChI=1S/C12H21N3O/c1-10(11-7-14-15(2)9-11)13-8-12-5-3-4-6-16-12/h7,9-10,12-13H,3-6,8H2,1-2H3. The fraction of sp³-hybridized carbons (Fsp3) is 0.750. The molecule has 0 radical (unpaired) electrons. The third kappa shape index (κ3) is 3.06. The highest BCUT2D eigenvalue weighted by molar-refractivity contribution is 5.08. The fourth-order valence-corrected chi connectivity index (χ4v) is 2.06. The molecule has 1 saturated heterocycles. The first-order valence-corrected chi connectivity index (χ1v) is 6.09. The number of rotatable bonds is 4. The van der Waals surface area contributed by atoms with Gasteiger partial charge < -0.3 is 10.1 Å². The molecular weight excluding hydrogens is 202 g/mol. The number of nitrogens with one attached hydrogen (secondary N) is 1. The van der Waals surface area contributed by atoms with E-state index in [9.17, 15) is 0 Å². The Balaban J connectivity index is 1.76. The molecule has 1 aromatic heterocycles. The van der Waals surface area contributed by atoms with Crippen molar-refractivity contribution in [1.29, 1.82) is 0 Å². The SMILES string of the molecule is CC(NCC1CCCCO1)c1cnn(C)c1. The summed E-state index contributed by atoms with van der Waals surface area (Å²) in [7, 11) is 1.94. The number of aromatic nitrogens is 2. The van der Waals surface area contributed by atoms with Gasteiger partial charge in [0.25, 0.3) is 0 Å². The minimum atomic E-state index is 0.347. The smallest absolute Gasteiger partial charge is 0.0699 e. The summed E-state index contributed by atoms with van der Waals surface area (Å²) in [5.41, 5.74) is 1.23. The third-order valence-electron chi connectivity index (χ3n) is 3.15. The fourth-order valence-electron chi connectivity index (χ4n) is 2.06. The predicted molar refractivity (Wildman–Crippen MR) is 63.2 cm³/mol. The van der Waals surface area contributed by atoms with Gasteiger partial charge in [-0.05, 0) is 26.2 Å². The van der Waals surface area contributed by atoms with Gasteiger partial charge in [-0.25, -0.2) is 0 Å². The van der Waals surface area contributed by atoms with Gasteiger partial charge in [-0.3, -0.25) is 4.68 Å². The molecule has 1 aliphatic heterocycles.